The van der Waals surface area contributed by atoms with E-state index in [4.69, 9.17) is 4.42 Å². The minimum Gasteiger partial charge on any atom is -0.486 e. The van der Waals surface area contributed by atoms with Crippen LogP contribution in [0.25, 0.3) is 44.6 Å². The van der Waals surface area contributed by atoms with Crippen LogP contribution in [0.3, 0.4) is 0 Å². The molecule has 2 aromatic carbocycles. The third kappa shape index (κ3) is 7.74. The van der Waals surface area contributed by atoms with E-state index in [1.807, 2.05) is 48.7 Å². The summed E-state index contributed by atoms with van der Waals surface area (Å²) in [6.07, 6.45) is 9.07. The van der Waals surface area contributed by atoms with Gasteiger partial charge >= 0.3 is 0 Å². The van der Waals surface area contributed by atoms with E-state index >= 15 is 0 Å². The average Bonchev–Trinajstić information content (AvgIpc) is 3.43. The van der Waals surface area contributed by atoms with Crippen LogP contribution in [0.4, 0.5) is 0 Å². The van der Waals surface area contributed by atoms with Gasteiger partial charge < -0.3 is 14.4 Å². The summed E-state index contributed by atoms with van der Waals surface area (Å²) in [6.45, 7) is 18.5. The summed E-state index contributed by atoms with van der Waals surface area (Å²) in [5.74, 6) is 0.667. The molecule has 0 fully saturated rings. The Hall–Kier alpha value is -3.44. The van der Waals surface area contributed by atoms with E-state index in [2.05, 4.69) is 112 Å². The minimum absolute atomic E-state index is 0. The summed E-state index contributed by atoms with van der Waals surface area (Å²) in [7, 11) is -1.34. The van der Waals surface area contributed by atoms with Crippen LogP contribution >= 0.6 is 0 Å². The number of furan rings is 1. The first-order chi connectivity index (χ1) is 21.5. The molecule has 0 unspecified atom stereocenters. The van der Waals surface area contributed by atoms with Gasteiger partial charge in [-0.15, -0.1) is 54.1 Å². The predicted molar refractivity (Wildman–Crippen MR) is 192 cm³/mol. The molecule has 0 saturated carbocycles. The van der Waals surface area contributed by atoms with E-state index in [0.29, 0.717) is 11.6 Å². The molecule has 0 spiro atoms. The SMILES string of the molecule is CC(C)Cc1cc(-c2[c-]cccc2)ncc1[Si](C)(C)C.CCC(C)(CC)c1ccnc(-c2[c-]ccc3c2oc2ncccc23)c1.[Ir]. The topological polar surface area (TPSA) is 51.8 Å². The Balaban J connectivity index is 0.000000210. The van der Waals surface area contributed by atoms with Gasteiger partial charge in [-0.25, -0.2) is 4.98 Å². The number of rotatable bonds is 8. The predicted octanol–water partition coefficient (Wildman–Crippen LogP) is 10.2. The molecule has 0 N–H and O–H groups in total. The molecule has 0 amide bonds. The van der Waals surface area contributed by atoms with Crippen molar-refractivity contribution in [1.29, 1.82) is 0 Å². The number of aromatic nitrogens is 3. The molecule has 0 saturated heterocycles. The second-order valence-corrected chi connectivity index (χ2v) is 18.6. The molecule has 46 heavy (non-hydrogen) atoms. The molecule has 6 aromatic rings. The van der Waals surface area contributed by atoms with Crippen molar-refractivity contribution < 1.29 is 24.5 Å². The van der Waals surface area contributed by atoms with Gasteiger partial charge in [0.25, 0.3) is 0 Å². The first-order valence-electron chi connectivity index (χ1n) is 16.2. The quantitative estimate of drug-likeness (QED) is 0.114. The molecular weight excluding hydrogens is 759 g/mol. The largest absolute Gasteiger partial charge is 0.486 e. The van der Waals surface area contributed by atoms with Crippen LogP contribution in [0.2, 0.25) is 19.6 Å². The second kappa shape index (κ2) is 15.0. The van der Waals surface area contributed by atoms with Crippen molar-refractivity contribution in [2.75, 3.05) is 0 Å². The van der Waals surface area contributed by atoms with Crippen molar-refractivity contribution in [3.63, 3.8) is 0 Å². The van der Waals surface area contributed by atoms with E-state index < -0.39 is 8.07 Å². The maximum atomic E-state index is 6.03. The average molecular weight is 804 g/mol. The van der Waals surface area contributed by atoms with Gasteiger partial charge in [0.15, 0.2) is 0 Å². The zero-order chi connectivity index (χ0) is 32.2. The summed E-state index contributed by atoms with van der Waals surface area (Å²) < 4.78 is 6.03. The fourth-order valence-corrected chi connectivity index (χ4v) is 7.44. The van der Waals surface area contributed by atoms with Crippen molar-refractivity contribution in [1.82, 2.24) is 15.0 Å². The van der Waals surface area contributed by atoms with Gasteiger partial charge in [-0.3, -0.25) is 0 Å². The smallest absolute Gasteiger partial charge is 0.216 e. The number of nitrogens with zero attached hydrogens (tertiary/aromatic N) is 3. The normalized spacial score (nSPS) is 11.8. The van der Waals surface area contributed by atoms with Crippen molar-refractivity contribution in [2.24, 2.45) is 5.92 Å². The fourth-order valence-electron chi connectivity index (χ4n) is 5.85. The van der Waals surface area contributed by atoms with Crippen LogP contribution in [0.5, 0.6) is 0 Å². The monoisotopic (exact) mass is 804 g/mol. The Kier molecular flexibility index (Phi) is 11.5. The van der Waals surface area contributed by atoms with Gasteiger partial charge in [-0.1, -0.05) is 82.9 Å². The molecule has 0 aliphatic carbocycles. The van der Waals surface area contributed by atoms with E-state index in [1.165, 1.54) is 16.3 Å². The van der Waals surface area contributed by atoms with Crippen LogP contribution in [0.1, 0.15) is 58.6 Å². The van der Waals surface area contributed by atoms with Gasteiger partial charge in [-0.05, 0) is 70.9 Å². The molecular formula is C40H45IrN3OSi-2. The van der Waals surface area contributed by atoms with Gasteiger partial charge in [-0.2, -0.15) is 0 Å². The molecule has 0 atom stereocenters. The first kappa shape index (κ1) is 35.4. The maximum absolute atomic E-state index is 6.03. The molecule has 0 aliphatic heterocycles. The molecule has 241 valence electrons. The molecule has 6 heteroatoms. The van der Waals surface area contributed by atoms with Gasteiger partial charge in [0.2, 0.25) is 5.71 Å². The third-order valence-corrected chi connectivity index (χ3v) is 11.0. The Morgan fingerprint density at radius 2 is 1.61 bits per heavy atom. The first-order valence-corrected chi connectivity index (χ1v) is 19.7. The van der Waals surface area contributed by atoms with E-state index in [0.717, 1.165) is 58.1 Å². The van der Waals surface area contributed by atoms with Crippen molar-refractivity contribution >= 4 is 35.3 Å². The Morgan fingerprint density at radius 3 is 2.28 bits per heavy atom. The molecule has 4 nitrogen and oxygen atoms in total. The van der Waals surface area contributed by atoms with Gasteiger partial charge in [0.05, 0.1) is 13.7 Å². The fraction of sp³-hybridized carbons (Fsp3) is 0.325. The minimum atomic E-state index is -1.34. The molecule has 4 aromatic heterocycles. The second-order valence-electron chi connectivity index (χ2n) is 13.6. The van der Waals surface area contributed by atoms with Crippen molar-refractivity contribution in [3.05, 3.63) is 109 Å². The van der Waals surface area contributed by atoms with Crippen LogP contribution < -0.4 is 5.19 Å². The Morgan fingerprint density at radius 1 is 0.826 bits per heavy atom. The number of hydrogen-bond donors (Lipinski definition) is 0. The Labute approximate surface area is 289 Å². The number of benzene rings is 2. The van der Waals surface area contributed by atoms with Gasteiger partial charge in [0.1, 0.15) is 0 Å². The van der Waals surface area contributed by atoms with E-state index in [9.17, 15) is 0 Å². The molecule has 6 rings (SSSR count). The number of hydrogen-bond acceptors (Lipinski definition) is 4. The van der Waals surface area contributed by atoms with Crippen LogP contribution in [0.15, 0.2) is 89.7 Å². The molecule has 0 bridgehead atoms. The summed E-state index contributed by atoms with van der Waals surface area (Å²) in [6, 6.07) is 29.2. The zero-order valence-electron chi connectivity index (χ0n) is 28.4. The van der Waals surface area contributed by atoms with Crippen molar-refractivity contribution in [3.8, 4) is 22.5 Å². The van der Waals surface area contributed by atoms with Crippen LogP contribution in [-0.4, -0.2) is 23.0 Å². The maximum Gasteiger partial charge on any atom is 0.216 e. The van der Waals surface area contributed by atoms with Gasteiger partial charge in [0, 0.05) is 44.1 Å². The summed E-state index contributed by atoms with van der Waals surface area (Å²) in [5.41, 5.74) is 8.31. The summed E-state index contributed by atoms with van der Waals surface area (Å²) in [4.78, 5) is 13.6. The number of fused-ring (bicyclic) bond motifs is 3. The zero-order valence-corrected chi connectivity index (χ0v) is 31.8. The van der Waals surface area contributed by atoms with Crippen molar-refractivity contribution in [2.45, 2.75) is 78.9 Å². The summed E-state index contributed by atoms with van der Waals surface area (Å²) >= 11 is 0. The number of pyridine rings is 3. The third-order valence-electron chi connectivity index (χ3n) is 8.89. The van der Waals surface area contributed by atoms with Crippen LogP contribution in [-0.2, 0) is 31.9 Å². The standard InChI is InChI=1S/C22H21N2O.C18H24NSi.Ir/c1-4-22(3,5-2)15-11-13-23-19(14-15)18-9-6-8-16-17-10-7-12-24-21(17)25-20(16)18;1-14(2)11-16-12-17(15-9-7-6-8-10-15)19-13-18(16)20(3,4)5;/h6-8,10-14H,4-5H2,1-3H3;6-9,12-14H,11H2,1-5H3;/q2*-1;. The molecule has 1 radical (unpaired) electrons. The molecule has 4 heterocycles. The molecule has 0 aliphatic rings. The summed E-state index contributed by atoms with van der Waals surface area (Å²) in [5, 5.41) is 3.57. The van der Waals surface area contributed by atoms with E-state index in [-0.39, 0.29) is 25.5 Å². The Bertz CT molecular complexity index is 1890. The van der Waals surface area contributed by atoms with E-state index in [1.54, 1.807) is 6.20 Å². The van der Waals surface area contributed by atoms with Crippen LogP contribution in [0, 0.1) is 18.1 Å².